The van der Waals surface area contributed by atoms with Crippen molar-refractivity contribution in [3.8, 4) is 6.07 Å². The molecule has 2 aromatic rings. The summed E-state index contributed by atoms with van der Waals surface area (Å²) in [6.45, 7) is 0. The molecule has 6 heteroatoms. The monoisotopic (exact) mass is 283 g/mol. The van der Waals surface area contributed by atoms with Crippen molar-refractivity contribution in [2.45, 2.75) is 30.0 Å². The maximum absolute atomic E-state index is 9.12. The summed E-state index contributed by atoms with van der Waals surface area (Å²) in [5.41, 5.74) is 1.43. The number of nitrogens with zero attached hydrogens (tertiary/aromatic N) is 4. The molecule has 5 rings (SSSR count). The first-order valence-electron chi connectivity index (χ1n) is 6.61. The summed E-state index contributed by atoms with van der Waals surface area (Å²) in [6, 6.07) is 3.85. The Hall–Kier alpha value is -1.87. The number of hydrogen-bond donors (Lipinski definition) is 1. The number of anilines is 1. The smallest absolute Gasteiger partial charge is 0.187 e. The van der Waals surface area contributed by atoms with Gasteiger partial charge in [-0.1, -0.05) is 11.8 Å². The molecular weight excluding hydrogens is 270 g/mol. The van der Waals surface area contributed by atoms with E-state index in [0.717, 1.165) is 27.8 Å². The second kappa shape index (κ2) is 4.06. The molecule has 0 aromatic carbocycles. The van der Waals surface area contributed by atoms with Gasteiger partial charge < -0.3 is 5.32 Å². The van der Waals surface area contributed by atoms with E-state index in [1.54, 1.807) is 12.3 Å². The van der Waals surface area contributed by atoms with Crippen LogP contribution in [0.25, 0.3) is 10.9 Å². The Kier molecular flexibility index (Phi) is 2.42. The van der Waals surface area contributed by atoms with Crippen molar-refractivity contribution in [3.63, 3.8) is 0 Å². The molecule has 5 nitrogen and oxygen atoms in total. The number of hydrogen-bond acceptors (Lipinski definition) is 6. The first kappa shape index (κ1) is 11.9. The standard InChI is InChI=1S/C14H13N5S/c1-20-13-16-7-9-2-10(6-15)17-12(11(9)18-13)19-14-3-8(4-14)5-14/h2,7-8H,3-5H2,1H3,(H,17,19). The van der Waals surface area contributed by atoms with Crippen LogP contribution in [-0.2, 0) is 0 Å². The van der Waals surface area contributed by atoms with E-state index < -0.39 is 0 Å². The second-order valence-corrected chi connectivity index (χ2v) is 6.42. The Bertz CT molecular complexity index is 734. The molecular formula is C14H13N5S. The number of thioether (sulfide) groups is 1. The molecule has 3 saturated carbocycles. The highest BCUT2D eigenvalue weighted by molar-refractivity contribution is 7.98. The van der Waals surface area contributed by atoms with E-state index in [0.29, 0.717) is 5.69 Å². The van der Waals surface area contributed by atoms with Gasteiger partial charge in [0.25, 0.3) is 0 Å². The van der Waals surface area contributed by atoms with Gasteiger partial charge in [0.15, 0.2) is 11.0 Å². The fourth-order valence-electron chi connectivity index (χ4n) is 3.15. The van der Waals surface area contributed by atoms with E-state index in [4.69, 9.17) is 5.26 Å². The lowest BCUT2D eigenvalue weighted by atomic mass is 9.50. The molecule has 0 amide bonds. The van der Waals surface area contributed by atoms with Gasteiger partial charge in [0, 0.05) is 17.1 Å². The minimum atomic E-state index is 0.211. The molecule has 3 aliphatic rings. The summed E-state index contributed by atoms with van der Waals surface area (Å²) in [5, 5.41) is 14.2. The molecule has 0 unspecified atom stereocenters. The van der Waals surface area contributed by atoms with E-state index in [9.17, 15) is 0 Å². The van der Waals surface area contributed by atoms with E-state index >= 15 is 0 Å². The van der Waals surface area contributed by atoms with E-state index in [-0.39, 0.29) is 5.54 Å². The molecule has 2 heterocycles. The number of nitrogens with one attached hydrogen (secondary N) is 1. The lowest BCUT2D eigenvalue weighted by molar-refractivity contribution is 0.00191. The highest BCUT2D eigenvalue weighted by atomic mass is 32.2. The summed E-state index contributed by atoms with van der Waals surface area (Å²) in [7, 11) is 0. The molecule has 3 aliphatic carbocycles. The molecule has 2 aromatic heterocycles. The van der Waals surface area contributed by atoms with Crippen LogP contribution in [0, 0.1) is 17.2 Å². The van der Waals surface area contributed by atoms with Crippen LogP contribution in [0.3, 0.4) is 0 Å². The Morgan fingerprint density at radius 1 is 1.40 bits per heavy atom. The molecule has 0 atom stereocenters. The largest absolute Gasteiger partial charge is 0.363 e. The predicted molar refractivity (Wildman–Crippen MR) is 77.5 cm³/mol. The van der Waals surface area contributed by atoms with Crippen LogP contribution in [0.4, 0.5) is 5.82 Å². The van der Waals surface area contributed by atoms with E-state index in [1.165, 1.54) is 31.0 Å². The van der Waals surface area contributed by atoms with Crippen molar-refractivity contribution >= 4 is 28.5 Å². The maximum atomic E-state index is 9.12. The zero-order chi connectivity index (χ0) is 13.7. The third kappa shape index (κ3) is 1.66. The normalized spacial score (nSPS) is 26.5. The predicted octanol–water partition coefficient (Wildman–Crippen LogP) is 2.58. The third-order valence-corrected chi connectivity index (χ3v) is 4.82. The minimum absolute atomic E-state index is 0.211. The van der Waals surface area contributed by atoms with Crippen LogP contribution in [0.5, 0.6) is 0 Å². The summed E-state index contributed by atoms with van der Waals surface area (Å²) in [5.74, 6) is 1.62. The van der Waals surface area contributed by atoms with Crippen LogP contribution in [0.15, 0.2) is 17.4 Å². The van der Waals surface area contributed by atoms with Gasteiger partial charge in [0.2, 0.25) is 0 Å². The average Bonchev–Trinajstić information content (AvgIpc) is 2.40. The van der Waals surface area contributed by atoms with Gasteiger partial charge in [-0.3, -0.25) is 0 Å². The minimum Gasteiger partial charge on any atom is -0.363 e. The highest BCUT2D eigenvalue weighted by Crippen LogP contribution is 2.58. The van der Waals surface area contributed by atoms with Gasteiger partial charge in [-0.15, -0.1) is 0 Å². The highest BCUT2D eigenvalue weighted by Gasteiger charge is 2.56. The summed E-state index contributed by atoms with van der Waals surface area (Å²) >= 11 is 1.51. The first-order valence-corrected chi connectivity index (χ1v) is 7.84. The van der Waals surface area contributed by atoms with E-state index in [1.807, 2.05) is 6.26 Å². The Balaban J connectivity index is 1.84. The van der Waals surface area contributed by atoms with Crippen LogP contribution in [0.1, 0.15) is 25.0 Å². The van der Waals surface area contributed by atoms with Crippen molar-refractivity contribution in [3.05, 3.63) is 18.0 Å². The lowest BCUT2D eigenvalue weighted by Crippen LogP contribution is -2.63. The molecule has 3 fully saturated rings. The van der Waals surface area contributed by atoms with Crippen LogP contribution < -0.4 is 5.32 Å². The van der Waals surface area contributed by atoms with Crippen molar-refractivity contribution < 1.29 is 0 Å². The van der Waals surface area contributed by atoms with Crippen molar-refractivity contribution in [1.29, 1.82) is 5.26 Å². The van der Waals surface area contributed by atoms with Gasteiger partial charge in [0.05, 0.1) is 0 Å². The average molecular weight is 283 g/mol. The number of nitriles is 1. The number of aromatic nitrogens is 3. The van der Waals surface area contributed by atoms with Crippen molar-refractivity contribution in [2.24, 2.45) is 5.92 Å². The fraction of sp³-hybridized carbons (Fsp3) is 0.429. The second-order valence-electron chi connectivity index (χ2n) is 5.65. The van der Waals surface area contributed by atoms with Gasteiger partial charge >= 0.3 is 0 Å². The molecule has 20 heavy (non-hydrogen) atoms. The van der Waals surface area contributed by atoms with Gasteiger partial charge in [-0.25, -0.2) is 15.0 Å². The fourth-order valence-corrected chi connectivity index (χ4v) is 3.49. The SMILES string of the molecule is CSc1ncc2cc(C#N)nc(NC34CC(C3)C4)c2n1. The van der Waals surface area contributed by atoms with Crippen molar-refractivity contribution in [1.82, 2.24) is 15.0 Å². The Labute approximate surface area is 120 Å². The van der Waals surface area contributed by atoms with Crippen LogP contribution in [-0.4, -0.2) is 26.7 Å². The van der Waals surface area contributed by atoms with Crippen LogP contribution >= 0.6 is 11.8 Å². The lowest BCUT2D eigenvalue weighted by Gasteiger charge is -2.62. The van der Waals surface area contributed by atoms with Crippen LogP contribution in [0.2, 0.25) is 0 Å². The summed E-state index contributed by atoms with van der Waals surface area (Å²) in [6.07, 6.45) is 7.37. The molecule has 0 saturated heterocycles. The number of fused-ring (bicyclic) bond motifs is 1. The topological polar surface area (TPSA) is 74.5 Å². The zero-order valence-corrected chi connectivity index (χ0v) is 11.9. The zero-order valence-electron chi connectivity index (χ0n) is 11.1. The molecule has 2 bridgehead atoms. The molecule has 0 aliphatic heterocycles. The molecule has 100 valence electrons. The molecule has 1 N–H and O–H groups in total. The van der Waals surface area contributed by atoms with Gasteiger partial charge in [-0.05, 0) is 37.5 Å². The summed E-state index contributed by atoms with van der Waals surface area (Å²) in [4.78, 5) is 13.2. The summed E-state index contributed by atoms with van der Waals surface area (Å²) < 4.78 is 0. The molecule has 0 radical (unpaired) electrons. The Morgan fingerprint density at radius 3 is 2.80 bits per heavy atom. The van der Waals surface area contributed by atoms with E-state index in [2.05, 4.69) is 26.3 Å². The Morgan fingerprint density at radius 2 is 2.20 bits per heavy atom. The van der Waals surface area contributed by atoms with Gasteiger partial charge in [-0.2, -0.15) is 5.26 Å². The first-order chi connectivity index (χ1) is 9.71. The quantitative estimate of drug-likeness (QED) is 0.689. The number of pyridine rings is 1. The third-order valence-electron chi connectivity index (χ3n) is 4.26. The molecule has 0 spiro atoms. The van der Waals surface area contributed by atoms with Gasteiger partial charge in [0.1, 0.15) is 17.3 Å². The van der Waals surface area contributed by atoms with Crippen molar-refractivity contribution in [2.75, 3.05) is 11.6 Å². The maximum Gasteiger partial charge on any atom is 0.187 e. The number of rotatable bonds is 3.